The molecule has 1 aromatic carbocycles. The number of anilines is 1. The van der Waals surface area contributed by atoms with Gasteiger partial charge in [0.2, 0.25) is 5.95 Å². The van der Waals surface area contributed by atoms with E-state index in [0.29, 0.717) is 11.4 Å². The molecule has 0 atom stereocenters. The maximum atomic E-state index is 13.8. The Labute approximate surface area is 183 Å². The van der Waals surface area contributed by atoms with Gasteiger partial charge in [-0.25, -0.2) is 28.4 Å². The summed E-state index contributed by atoms with van der Waals surface area (Å²) in [6.45, 7) is 1.56. The van der Waals surface area contributed by atoms with E-state index in [1.807, 2.05) is 0 Å². The third-order valence-electron chi connectivity index (χ3n) is 4.42. The Balaban J connectivity index is 1.84. The predicted octanol–water partition coefficient (Wildman–Crippen LogP) is 3.73. The first kappa shape index (κ1) is 22.3. The fraction of sp³-hybridized carbons (Fsp3) is 0.200. The van der Waals surface area contributed by atoms with E-state index in [9.17, 15) is 18.4 Å². The number of benzene rings is 1. The first-order chi connectivity index (χ1) is 14.7. The normalized spacial score (nSPS) is 10.7. The molecule has 0 unspecified atom stereocenters. The summed E-state index contributed by atoms with van der Waals surface area (Å²) in [4.78, 5) is 32.9. The lowest BCUT2D eigenvalue weighted by atomic mass is 10.2. The van der Waals surface area contributed by atoms with E-state index in [1.165, 1.54) is 23.9 Å². The lowest BCUT2D eigenvalue weighted by Gasteiger charge is -2.15. The van der Waals surface area contributed by atoms with Gasteiger partial charge in [0.25, 0.3) is 5.56 Å². The highest BCUT2D eigenvalue weighted by atomic mass is 79.9. The van der Waals surface area contributed by atoms with Crippen molar-refractivity contribution in [2.45, 2.75) is 20.1 Å². The number of amides is 1. The predicted molar refractivity (Wildman–Crippen MR) is 111 cm³/mol. The van der Waals surface area contributed by atoms with Crippen molar-refractivity contribution in [1.82, 2.24) is 14.5 Å². The molecular weight excluding hydrogens is 478 g/mol. The molecule has 0 saturated heterocycles. The second kappa shape index (κ2) is 9.21. The van der Waals surface area contributed by atoms with Crippen molar-refractivity contribution in [3.8, 4) is 5.75 Å². The Morgan fingerprint density at radius 3 is 2.71 bits per heavy atom. The summed E-state index contributed by atoms with van der Waals surface area (Å²) in [5.41, 5.74) is 0.694. The first-order valence-corrected chi connectivity index (χ1v) is 9.72. The van der Waals surface area contributed by atoms with E-state index in [0.717, 1.165) is 17.0 Å². The summed E-state index contributed by atoms with van der Waals surface area (Å²) in [6, 6.07) is 6.32. The first-order valence-electron chi connectivity index (χ1n) is 8.92. The van der Waals surface area contributed by atoms with E-state index in [4.69, 9.17) is 9.84 Å². The number of aryl methyl sites for hydroxylation is 1. The molecule has 162 valence electrons. The zero-order valence-electron chi connectivity index (χ0n) is 16.5. The van der Waals surface area contributed by atoms with Crippen LogP contribution in [0.1, 0.15) is 17.0 Å². The number of halogens is 3. The lowest BCUT2D eigenvalue weighted by Crippen LogP contribution is -2.27. The molecule has 3 rings (SSSR count). The SMILES string of the molecule is Cc1cc(OCc2ccc(F)cc2F)c(Br)c(=O)n1Cc1ccnc(N(C)C(=O)O)n1. The van der Waals surface area contributed by atoms with Gasteiger partial charge >= 0.3 is 6.09 Å². The van der Waals surface area contributed by atoms with Gasteiger partial charge in [0.1, 0.15) is 28.5 Å². The van der Waals surface area contributed by atoms with Gasteiger partial charge in [0, 0.05) is 36.6 Å². The Kier molecular flexibility index (Phi) is 6.64. The summed E-state index contributed by atoms with van der Waals surface area (Å²) in [7, 11) is 1.31. The zero-order chi connectivity index (χ0) is 22.7. The second-order valence-electron chi connectivity index (χ2n) is 6.57. The van der Waals surface area contributed by atoms with Gasteiger partial charge < -0.3 is 14.4 Å². The molecule has 0 aliphatic rings. The smallest absolute Gasteiger partial charge is 0.413 e. The number of ether oxygens (including phenoxy) is 1. The van der Waals surface area contributed by atoms with Crippen LogP contribution < -0.4 is 15.2 Å². The van der Waals surface area contributed by atoms with Crippen LogP contribution in [0.5, 0.6) is 5.75 Å². The van der Waals surface area contributed by atoms with Crippen molar-refractivity contribution in [2.24, 2.45) is 0 Å². The Hall–Kier alpha value is -3.34. The number of pyridine rings is 1. The van der Waals surface area contributed by atoms with Crippen LogP contribution in [0.3, 0.4) is 0 Å². The minimum absolute atomic E-state index is 0.0176. The standard InChI is InChI=1S/C20H17BrF2N4O4/c1-11-7-16(31-10-12-3-4-13(22)8-15(12)23)17(21)18(28)27(11)9-14-5-6-24-19(25-14)26(2)20(29)30/h3-8H,9-10H2,1-2H3,(H,29,30). The Bertz CT molecular complexity index is 1200. The third kappa shape index (κ3) is 5.05. The van der Waals surface area contributed by atoms with Crippen molar-refractivity contribution in [3.63, 3.8) is 0 Å². The van der Waals surface area contributed by atoms with Crippen LogP contribution in [0.25, 0.3) is 0 Å². The fourth-order valence-corrected chi connectivity index (χ4v) is 3.14. The molecule has 0 fully saturated rings. The van der Waals surface area contributed by atoms with Crippen LogP contribution in [0.4, 0.5) is 19.5 Å². The van der Waals surface area contributed by atoms with Gasteiger partial charge in [-0.05, 0) is 41.1 Å². The highest BCUT2D eigenvalue weighted by Gasteiger charge is 2.16. The van der Waals surface area contributed by atoms with Crippen molar-refractivity contribution < 1.29 is 23.4 Å². The monoisotopic (exact) mass is 494 g/mol. The van der Waals surface area contributed by atoms with Gasteiger partial charge in [-0.1, -0.05) is 0 Å². The molecule has 0 aliphatic carbocycles. The zero-order valence-corrected chi connectivity index (χ0v) is 18.1. The van der Waals surface area contributed by atoms with Gasteiger partial charge in [0.05, 0.1) is 12.2 Å². The van der Waals surface area contributed by atoms with E-state index in [-0.39, 0.29) is 34.9 Å². The Morgan fingerprint density at radius 1 is 1.29 bits per heavy atom. The van der Waals surface area contributed by atoms with Crippen molar-refractivity contribution in [3.05, 3.63) is 79.9 Å². The molecule has 0 saturated carbocycles. The molecule has 1 amide bonds. The summed E-state index contributed by atoms with van der Waals surface area (Å²) in [6.07, 6.45) is 0.189. The number of nitrogens with zero attached hydrogens (tertiary/aromatic N) is 4. The second-order valence-corrected chi connectivity index (χ2v) is 7.36. The van der Waals surface area contributed by atoms with E-state index < -0.39 is 23.3 Å². The van der Waals surface area contributed by atoms with Gasteiger partial charge in [-0.3, -0.25) is 4.79 Å². The van der Waals surface area contributed by atoms with Crippen LogP contribution in [0.2, 0.25) is 0 Å². The third-order valence-corrected chi connectivity index (χ3v) is 5.15. The van der Waals surface area contributed by atoms with Crippen LogP contribution >= 0.6 is 15.9 Å². The van der Waals surface area contributed by atoms with Gasteiger partial charge in [-0.15, -0.1) is 0 Å². The molecule has 3 aromatic rings. The number of hydrogen-bond acceptors (Lipinski definition) is 5. The molecule has 0 aliphatic heterocycles. The molecule has 8 nitrogen and oxygen atoms in total. The van der Waals surface area contributed by atoms with E-state index >= 15 is 0 Å². The maximum Gasteiger partial charge on any atom is 0.413 e. The van der Waals surface area contributed by atoms with Gasteiger partial charge in [-0.2, -0.15) is 0 Å². The number of carboxylic acid groups (broad SMARTS) is 1. The molecule has 1 N–H and O–H groups in total. The van der Waals surface area contributed by atoms with Crippen molar-refractivity contribution in [1.29, 1.82) is 0 Å². The number of rotatable bonds is 6. The van der Waals surface area contributed by atoms with Gasteiger partial charge in [0.15, 0.2) is 0 Å². The molecule has 0 radical (unpaired) electrons. The minimum atomic E-state index is -1.22. The van der Waals surface area contributed by atoms with Crippen molar-refractivity contribution >= 4 is 28.0 Å². The summed E-state index contributed by atoms with van der Waals surface area (Å²) >= 11 is 3.21. The van der Waals surface area contributed by atoms with Crippen LogP contribution in [0, 0.1) is 18.6 Å². The largest absolute Gasteiger partial charge is 0.487 e. The van der Waals surface area contributed by atoms with Crippen LogP contribution in [-0.4, -0.2) is 32.8 Å². The number of carbonyl (C=O) groups is 1. The highest BCUT2D eigenvalue weighted by Crippen LogP contribution is 2.24. The van der Waals surface area contributed by atoms with Crippen LogP contribution in [-0.2, 0) is 13.2 Å². The molecule has 2 aromatic heterocycles. The molecule has 11 heteroatoms. The summed E-state index contributed by atoms with van der Waals surface area (Å²) in [5, 5.41) is 9.06. The summed E-state index contributed by atoms with van der Waals surface area (Å²) < 4.78 is 34.0. The topological polar surface area (TPSA) is 97.6 Å². The molecule has 0 bridgehead atoms. The van der Waals surface area contributed by atoms with E-state index in [2.05, 4.69) is 25.9 Å². The molecule has 31 heavy (non-hydrogen) atoms. The average molecular weight is 495 g/mol. The quantitative estimate of drug-likeness (QED) is 0.560. The summed E-state index contributed by atoms with van der Waals surface area (Å²) in [5.74, 6) is -1.25. The Morgan fingerprint density at radius 2 is 2.03 bits per heavy atom. The lowest BCUT2D eigenvalue weighted by molar-refractivity contribution is 0.203. The molecule has 2 heterocycles. The van der Waals surface area contributed by atoms with Crippen LogP contribution in [0.15, 0.2) is 45.8 Å². The fourth-order valence-electron chi connectivity index (χ4n) is 2.69. The number of hydrogen-bond donors (Lipinski definition) is 1. The average Bonchev–Trinajstić information content (AvgIpc) is 2.73. The molecular formula is C20H17BrF2N4O4. The minimum Gasteiger partial charge on any atom is -0.487 e. The number of aromatic nitrogens is 3. The van der Waals surface area contributed by atoms with Crippen molar-refractivity contribution in [2.75, 3.05) is 11.9 Å². The molecule has 0 spiro atoms. The van der Waals surface area contributed by atoms with E-state index in [1.54, 1.807) is 19.1 Å². The maximum absolute atomic E-state index is 13.8. The highest BCUT2D eigenvalue weighted by molar-refractivity contribution is 9.10.